The average molecular weight is 295 g/mol. The second kappa shape index (κ2) is 5.92. The minimum Gasteiger partial charge on any atom is -0.467 e. The van der Waals surface area contributed by atoms with E-state index in [0.29, 0.717) is 16.5 Å². The molecule has 0 bridgehead atoms. The topological polar surface area (TPSA) is 83.2 Å². The quantitative estimate of drug-likeness (QED) is 0.871. The van der Waals surface area contributed by atoms with E-state index in [1.54, 1.807) is 6.07 Å². The van der Waals surface area contributed by atoms with E-state index in [2.05, 4.69) is 15.0 Å². The van der Waals surface area contributed by atoms with Crippen molar-refractivity contribution < 1.29 is 9.47 Å². The Morgan fingerprint density at radius 1 is 1.10 bits per heavy atom. The first kappa shape index (κ1) is 14.3. The van der Waals surface area contributed by atoms with Crippen LogP contribution in [0.5, 0.6) is 12.0 Å². The van der Waals surface area contributed by atoms with E-state index in [9.17, 15) is 0 Å². The fourth-order valence-corrected chi connectivity index (χ4v) is 1.98. The number of para-hydroxylation sites is 1. The van der Waals surface area contributed by atoms with Crippen molar-refractivity contribution in [1.29, 1.82) is 0 Å². The van der Waals surface area contributed by atoms with Crippen molar-refractivity contribution in [2.75, 3.05) is 20.0 Å². The Hall–Kier alpha value is -2.08. The van der Waals surface area contributed by atoms with Gasteiger partial charge in [0.25, 0.3) is 0 Å². The van der Waals surface area contributed by atoms with Crippen LogP contribution < -0.4 is 15.2 Å². The van der Waals surface area contributed by atoms with Gasteiger partial charge in [-0.2, -0.15) is 9.97 Å². The number of nitrogen functional groups attached to an aromatic ring is 1. The molecular weight excluding hydrogens is 280 g/mol. The molecule has 1 heterocycles. The Morgan fingerprint density at radius 3 is 2.25 bits per heavy atom. The number of benzene rings is 1. The highest BCUT2D eigenvalue weighted by Gasteiger charge is 2.18. The molecule has 0 spiro atoms. The molecule has 1 aromatic heterocycles. The van der Waals surface area contributed by atoms with Gasteiger partial charge >= 0.3 is 12.0 Å². The van der Waals surface area contributed by atoms with Gasteiger partial charge in [-0.15, -0.1) is 4.98 Å². The summed E-state index contributed by atoms with van der Waals surface area (Å²) in [6.45, 7) is 1.93. The lowest BCUT2D eigenvalue weighted by Crippen LogP contribution is -2.09. The Labute approximate surface area is 121 Å². The average Bonchev–Trinajstić information content (AvgIpc) is 2.48. The maximum atomic E-state index is 6.03. The number of halogens is 1. The van der Waals surface area contributed by atoms with E-state index in [4.69, 9.17) is 26.8 Å². The first-order valence-electron chi connectivity index (χ1n) is 5.94. The van der Waals surface area contributed by atoms with Crippen molar-refractivity contribution in [3.63, 3.8) is 0 Å². The smallest absolute Gasteiger partial charge is 0.322 e. The lowest BCUT2D eigenvalue weighted by Gasteiger charge is -2.14. The van der Waals surface area contributed by atoms with Gasteiger partial charge in [0, 0.05) is 5.92 Å². The van der Waals surface area contributed by atoms with Crippen molar-refractivity contribution in [3.8, 4) is 12.0 Å². The first-order chi connectivity index (χ1) is 9.56. The van der Waals surface area contributed by atoms with Gasteiger partial charge in [0.2, 0.25) is 0 Å². The molecule has 1 aromatic carbocycles. The largest absolute Gasteiger partial charge is 0.467 e. The molecule has 0 aliphatic carbocycles. The molecular formula is C13H15ClN4O2. The summed E-state index contributed by atoms with van der Waals surface area (Å²) in [5, 5.41) is 0.502. The third-order valence-corrected chi connectivity index (χ3v) is 3.25. The number of hydrogen-bond donors (Lipinski definition) is 1. The summed E-state index contributed by atoms with van der Waals surface area (Å²) < 4.78 is 10.1. The number of hydrogen-bond acceptors (Lipinski definition) is 6. The van der Waals surface area contributed by atoms with Gasteiger partial charge in [-0.3, -0.25) is 0 Å². The van der Waals surface area contributed by atoms with Gasteiger partial charge < -0.3 is 15.2 Å². The minimum absolute atomic E-state index is 0.167. The van der Waals surface area contributed by atoms with Gasteiger partial charge in [0.05, 0.1) is 24.9 Å². The molecule has 7 heteroatoms. The predicted octanol–water partition coefficient (Wildman–Crippen LogP) is 2.28. The summed E-state index contributed by atoms with van der Waals surface area (Å²) in [5.74, 6) is 0.335. The molecule has 0 amide bonds. The molecule has 1 unspecified atom stereocenters. The van der Waals surface area contributed by atoms with Gasteiger partial charge in [-0.1, -0.05) is 30.7 Å². The lowest BCUT2D eigenvalue weighted by atomic mass is 9.98. The molecule has 2 N–H and O–H groups in total. The van der Waals surface area contributed by atoms with Crippen molar-refractivity contribution in [2.45, 2.75) is 12.8 Å². The first-order valence-corrected chi connectivity index (χ1v) is 6.32. The molecule has 2 rings (SSSR count). The van der Waals surface area contributed by atoms with Crippen LogP contribution in [0.4, 0.5) is 5.69 Å². The van der Waals surface area contributed by atoms with Crippen molar-refractivity contribution >= 4 is 17.3 Å². The number of aromatic nitrogens is 3. The molecule has 0 saturated carbocycles. The summed E-state index contributed by atoms with van der Waals surface area (Å²) in [6, 6.07) is 5.84. The van der Waals surface area contributed by atoms with Crippen LogP contribution in [0.15, 0.2) is 18.2 Å². The van der Waals surface area contributed by atoms with E-state index in [0.717, 1.165) is 5.56 Å². The highest BCUT2D eigenvalue weighted by molar-refractivity contribution is 6.33. The summed E-state index contributed by atoms with van der Waals surface area (Å²) in [6.07, 6.45) is 0. The van der Waals surface area contributed by atoms with Crippen LogP contribution >= 0.6 is 11.6 Å². The highest BCUT2D eigenvalue weighted by Crippen LogP contribution is 2.32. The number of rotatable bonds is 4. The van der Waals surface area contributed by atoms with Crippen LogP contribution in [0.3, 0.4) is 0 Å². The van der Waals surface area contributed by atoms with Crippen LogP contribution in [0, 0.1) is 0 Å². The van der Waals surface area contributed by atoms with Crippen LogP contribution in [0.25, 0.3) is 0 Å². The third kappa shape index (κ3) is 2.75. The molecule has 0 radical (unpaired) electrons. The molecule has 0 saturated heterocycles. The number of nitrogens with zero attached hydrogens (tertiary/aromatic N) is 3. The molecule has 6 nitrogen and oxygen atoms in total. The third-order valence-electron chi connectivity index (χ3n) is 2.92. The van der Waals surface area contributed by atoms with Crippen molar-refractivity contribution in [3.05, 3.63) is 34.6 Å². The zero-order chi connectivity index (χ0) is 14.7. The highest BCUT2D eigenvalue weighted by atomic mass is 35.5. The van der Waals surface area contributed by atoms with Gasteiger partial charge in [0.1, 0.15) is 5.82 Å². The zero-order valence-electron chi connectivity index (χ0n) is 11.4. The van der Waals surface area contributed by atoms with Crippen molar-refractivity contribution in [2.24, 2.45) is 0 Å². The second-order valence-corrected chi connectivity index (χ2v) is 4.54. The van der Waals surface area contributed by atoms with E-state index < -0.39 is 0 Å². The molecule has 2 aromatic rings. The molecule has 0 fully saturated rings. The standard InChI is InChI=1S/C13H15ClN4O2/c1-7(8-5-4-6-9(14)10(8)15)11-16-12(19-2)18-13(17-11)20-3/h4-7H,15H2,1-3H3. The van der Waals surface area contributed by atoms with E-state index in [1.807, 2.05) is 19.1 Å². The Bertz CT molecular complexity index is 599. The molecule has 0 aliphatic heterocycles. The van der Waals surface area contributed by atoms with Crippen LogP contribution in [-0.4, -0.2) is 29.2 Å². The van der Waals surface area contributed by atoms with E-state index >= 15 is 0 Å². The molecule has 1 atom stereocenters. The summed E-state index contributed by atoms with van der Waals surface area (Å²) >= 11 is 6.03. The van der Waals surface area contributed by atoms with E-state index in [-0.39, 0.29) is 17.9 Å². The zero-order valence-corrected chi connectivity index (χ0v) is 12.2. The summed E-state index contributed by atoms with van der Waals surface area (Å²) in [5.41, 5.74) is 7.35. The SMILES string of the molecule is COc1nc(OC)nc(C(C)c2cccc(Cl)c2N)n1. The normalized spacial score (nSPS) is 12.0. The fourth-order valence-electron chi connectivity index (χ4n) is 1.80. The lowest BCUT2D eigenvalue weighted by molar-refractivity contribution is 0.335. The number of anilines is 1. The summed E-state index contributed by atoms with van der Waals surface area (Å²) in [4.78, 5) is 12.4. The predicted molar refractivity (Wildman–Crippen MR) is 76.3 cm³/mol. The number of nitrogens with two attached hydrogens (primary N) is 1. The second-order valence-electron chi connectivity index (χ2n) is 4.13. The monoisotopic (exact) mass is 294 g/mol. The Kier molecular flexibility index (Phi) is 4.24. The maximum absolute atomic E-state index is 6.03. The van der Waals surface area contributed by atoms with Gasteiger partial charge in [-0.05, 0) is 11.6 Å². The number of methoxy groups -OCH3 is 2. The van der Waals surface area contributed by atoms with Crippen LogP contribution in [0.1, 0.15) is 24.2 Å². The van der Waals surface area contributed by atoms with Gasteiger partial charge in [0.15, 0.2) is 0 Å². The van der Waals surface area contributed by atoms with Crippen LogP contribution in [0.2, 0.25) is 5.02 Å². The molecule has 106 valence electrons. The number of ether oxygens (including phenoxy) is 2. The van der Waals surface area contributed by atoms with Gasteiger partial charge in [-0.25, -0.2) is 0 Å². The van der Waals surface area contributed by atoms with Crippen molar-refractivity contribution in [1.82, 2.24) is 15.0 Å². The molecule has 20 heavy (non-hydrogen) atoms. The fraction of sp³-hybridized carbons (Fsp3) is 0.308. The summed E-state index contributed by atoms with van der Waals surface area (Å²) in [7, 11) is 2.97. The minimum atomic E-state index is -0.167. The van der Waals surface area contributed by atoms with Crippen LogP contribution in [-0.2, 0) is 0 Å². The molecule has 0 aliphatic rings. The van der Waals surface area contributed by atoms with E-state index in [1.165, 1.54) is 14.2 Å². The maximum Gasteiger partial charge on any atom is 0.322 e. The Balaban J connectivity index is 2.47. The Morgan fingerprint density at radius 2 is 1.70 bits per heavy atom.